The zero-order chi connectivity index (χ0) is 20.5. The fourth-order valence-corrected chi connectivity index (χ4v) is 3.67. The topological polar surface area (TPSA) is 85.8 Å². The normalized spacial score (nSPS) is 15.3. The number of rotatable bonds is 3. The number of carbonyl (C=O) groups is 1. The number of aryl methyl sites for hydroxylation is 1. The maximum atomic E-state index is 13.3. The van der Waals surface area contributed by atoms with Gasteiger partial charge < -0.3 is 24.4 Å². The SMILES string of the molecule is Cc1ccc2c(Nc3ccc4c(c3)OCCO4)c(C(=O)N3CCOCC3)cnc2n1.Cl. The molecular formula is C22H23ClN4O4. The van der Waals surface area contributed by atoms with Gasteiger partial charge in [0.15, 0.2) is 17.1 Å². The molecule has 31 heavy (non-hydrogen) atoms. The molecule has 0 unspecified atom stereocenters. The molecule has 1 aromatic carbocycles. The number of benzene rings is 1. The van der Waals surface area contributed by atoms with E-state index in [9.17, 15) is 4.79 Å². The van der Waals surface area contributed by atoms with Gasteiger partial charge in [0.1, 0.15) is 13.2 Å². The third kappa shape index (κ3) is 4.22. The molecule has 0 radical (unpaired) electrons. The predicted molar refractivity (Wildman–Crippen MR) is 119 cm³/mol. The fourth-order valence-electron chi connectivity index (χ4n) is 3.67. The Bertz CT molecular complexity index is 1120. The highest BCUT2D eigenvalue weighted by Gasteiger charge is 2.24. The van der Waals surface area contributed by atoms with E-state index in [-0.39, 0.29) is 18.3 Å². The van der Waals surface area contributed by atoms with Gasteiger partial charge in [0.25, 0.3) is 5.91 Å². The molecular weight excluding hydrogens is 420 g/mol. The van der Waals surface area contributed by atoms with Crippen LogP contribution in [0, 0.1) is 6.92 Å². The number of amides is 1. The van der Waals surface area contributed by atoms with Crippen molar-refractivity contribution in [2.75, 3.05) is 44.8 Å². The first-order chi connectivity index (χ1) is 14.7. The van der Waals surface area contributed by atoms with Crippen molar-refractivity contribution >= 4 is 40.7 Å². The van der Waals surface area contributed by atoms with Crippen LogP contribution >= 0.6 is 12.4 Å². The number of hydrogen-bond acceptors (Lipinski definition) is 7. The van der Waals surface area contributed by atoms with E-state index in [1.807, 2.05) is 37.3 Å². The van der Waals surface area contributed by atoms with Crippen molar-refractivity contribution in [1.29, 1.82) is 0 Å². The first-order valence-electron chi connectivity index (χ1n) is 9.99. The number of nitrogens with one attached hydrogen (secondary N) is 1. The molecule has 0 spiro atoms. The maximum absolute atomic E-state index is 13.3. The van der Waals surface area contributed by atoms with Crippen molar-refractivity contribution in [2.24, 2.45) is 0 Å². The highest BCUT2D eigenvalue weighted by atomic mass is 35.5. The van der Waals surface area contributed by atoms with Gasteiger partial charge in [-0.05, 0) is 31.2 Å². The number of halogens is 1. The Hall–Kier alpha value is -3.10. The smallest absolute Gasteiger partial charge is 0.257 e. The Morgan fingerprint density at radius 3 is 2.61 bits per heavy atom. The second-order valence-electron chi connectivity index (χ2n) is 7.26. The summed E-state index contributed by atoms with van der Waals surface area (Å²) in [6.07, 6.45) is 1.60. The van der Waals surface area contributed by atoms with E-state index in [0.29, 0.717) is 67.9 Å². The standard InChI is InChI=1S/C22H22N4O4.ClH/c1-14-2-4-16-20(25-15-3-5-18-19(12-15)30-11-10-29-18)17(13-23-21(16)24-14)22(27)26-6-8-28-9-7-26;/h2-5,12-13H,6-11H2,1H3,(H,23,24,25);1H. The quantitative estimate of drug-likeness (QED) is 0.665. The van der Waals surface area contributed by atoms with Crippen molar-refractivity contribution in [3.63, 3.8) is 0 Å². The predicted octanol–water partition coefficient (Wildman–Crippen LogP) is 3.35. The maximum Gasteiger partial charge on any atom is 0.257 e. The molecule has 1 fully saturated rings. The molecule has 1 N–H and O–H groups in total. The van der Waals surface area contributed by atoms with Crippen LogP contribution in [0.25, 0.3) is 11.0 Å². The van der Waals surface area contributed by atoms with Crippen molar-refractivity contribution in [3.8, 4) is 11.5 Å². The van der Waals surface area contributed by atoms with Gasteiger partial charge in [0.2, 0.25) is 0 Å². The van der Waals surface area contributed by atoms with E-state index in [1.54, 1.807) is 11.1 Å². The lowest BCUT2D eigenvalue weighted by Crippen LogP contribution is -2.41. The number of carbonyl (C=O) groups excluding carboxylic acids is 1. The molecule has 0 atom stereocenters. The fraction of sp³-hybridized carbons (Fsp3) is 0.318. The second kappa shape index (κ2) is 8.95. The number of pyridine rings is 2. The Kier molecular flexibility index (Phi) is 6.11. The van der Waals surface area contributed by atoms with Crippen LogP contribution in [0.4, 0.5) is 11.4 Å². The first kappa shape index (κ1) is 21.1. The summed E-state index contributed by atoms with van der Waals surface area (Å²) in [7, 11) is 0. The number of aromatic nitrogens is 2. The average Bonchev–Trinajstić information content (AvgIpc) is 2.79. The molecule has 2 aliphatic rings. The van der Waals surface area contributed by atoms with Gasteiger partial charge in [-0.25, -0.2) is 9.97 Å². The highest BCUT2D eigenvalue weighted by molar-refractivity contribution is 6.07. The molecule has 3 aromatic rings. The monoisotopic (exact) mass is 442 g/mol. The summed E-state index contributed by atoms with van der Waals surface area (Å²) >= 11 is 0. The van der Waals surface area contributed by atoms with Crippen molar-refractivity contribution in [1.82, 2.24) is 14.9 Å². The minimum atomic E-state index is -0.0756. The molecule has 2 aromatic heterocycles. The largest absolute Gasteiger partial charge is 0.486 e. The van der Waals surface area contributed by atoms with Crippen LogP contribution in [0.15, 0.2) is 36.5 Å². The Morgan fingerprint density at radius 1 is 1.03 bits per heavy atom. The van der Waals surface area contributed by atoms with Crippen LogP contribution in [-0.4, -0.2) is 60.3 Å². The minimum absolute atomic E-state index is 0. The van der Waals surface area contributed by atoms with Crippen LogP contribution in [-0.2, 0) is 4.74 Å². The zero-order valence-corrected chi connectivity index (χ0v) is 17.9. The van der Waals surface area contributed by atoms with Crippen LogP contribution in [0.1, 0.15) is 16.1 Å². The van der Waals surface area contributed by atoms with Gasteiger partial charge in [-0.15, -0.1) is 12.4 Å². The number of fused-ring (bicyclic) bond motifs is 2. The van der Waals surface area contributed by atoms with Gasteiger partial charge in [-0.2, -0.15) is 0 Å². The number of morpholine rings is 1. The lowest BCUT2D eigenvalue weighted by atomic mass is 10.1. The molecule has 5 rings (SSSR count). The molecule has 8 nitrogen and oxygen atoms in total. The number of anilines is 2. The van der Waals surface area contributed by atoms with Crippen molar-refractivity contribution in [2.45, 2.75) is 6.92 Å². The van der Waals surface area contributed by atoms with Gasteiger partial charge >= 0.3 is 0 Å². The molecule has 1 amide bonds. The van der Waals surface area contributed by atoms with Crippen LogP contribution in [0.5, 0.6) is 11.5 Å². The molecule has 162 valence electrons. The summed E-state index contributed by atoms with van der Waals surface area (Å²) in [5, 5.41) is 4.20. The first-order valence-corrected chi connectivity index (χ1v) is 9.99. The summed E-state index contributed by atoms with van der Waals surface area (Å²) in [6.45, 7) is 5.17. The molecule has 9 heteroatoms. The summed E-state index contributed by atoms with van der Waals surface area (Å²) in [5.74, 6) is 1.32. The number of hydrogen-bond donors (Lipinski definition) is 1. The van der Waals surface area contributed by atoms with E-state index in [2.05, 4.69) is 15.3 Å². The number of nitrogens with zero attached hydrogens (tertiary/aromatic N) is 3. The lowest BCUT2D eigenvalue weighted by molar-refractivity contribution is 0.0303. The summed E-state index contributed by atoms with van der Waals surface area (Å²) in [4.78, 5) is 24.1. The van der Waals surface area contributed by atoms with E-state index >= 15 is 0 Å². The molecule has 0 saturated carbocycles. The average molecular weight is 443 g/mol. The van der Waals surface area contributed by atoms with Gasteiger partial charge in [-0.3, -0.25) is 4.79 Å². The number of ether oxygens (including phenoxy) is 3. The van der Waals surface area contributed by atoms with E-state index in [4.69, 9.17) is 14.2 Å². The summed E-state index contributed by atoms with van der Waals surface area (Å²) in [6, 6.07) is 9.52. The summed E-state index contributed by atoms with van der Waals surface area (Å²) < 4.78 is 16.7. The molecule has 0 bridgehead atoms. The molecule has 4 heterocycles. The zero-order valence-electron chi connectivity index (χ0n) is 17.1. The van der Waals surface area contributed by atoms with E-state index in [0.717, 1.165) is 16.8 Å². The van der Waals surface area contributed by atoms with Crippen LogP contribution < -0.4 is 14.8 Å². The molecule has 2 aliphatic heterocycles. The van der Waals surface area contributed by atoms with Gasteiger partial charge in [-0.1, -0.05) is 0 Å². The van der Waals surface area contributed by atoms with E-state index in [1.165, 1.54) is 0 Å². The molecule has 0 aliphatic carbocycles. The third-order valence-corrected chi connectivity index (χ3v) is 5.21. The van der Waals surface area contributed by atoms with Crippen LogP contribution in [0.2, 0.25) is 0 Å². The lowest BCUT2D eigenvalue weighted by Gasteiger charge is -2.28. The van der Waals surface area contributed by atoms with Crippen molar-refractivity contribution in [3.05, 3.63) is 47.8 Å². The van der Waals surface area contributed by atoms with E-state index < -0.39 is 0 Å². The second-order valence-corrected chi connectivity index (χ2v) is 7.26. The van der Waals surface area contributed by atoms with Gasteiger partial charge in [0, 0.05) is 42.1 Å². The molecule has 1 saturated heterocycles. The van der Waals surface area contributed by atoms with Crippen LogP contribution in [0.3, 0.4) is 0 Å². The Morgan fingerprint density at radius 2 is 1.81 bits per heavy atom. The third-order valence-electron chi connectivity index (χ3n) is 5.21. The minimum Gasteiger partial charge on any atom is -0.486 e. The summed E-state index contributed by atoms with van der Waals surface area (Å²) in [5.41, 5.74) is 3.44. The van der Waals surface area contributed by atoms with Gasteiger partial charge in [0.05, 0.1) is 24.5 Å². The Labute approximate surface area is 185 Å². The Balaban J connectivity index is 0.00000231. The highest BCUT2D eigenvalue weighted by Crippen LogP contribution is 2.36. The van der Waals surface area contributed by atoms with Crippen molar-refractivity contribution < 1.29 is 19.0 Å².